The molecule has 1 aromatic rings. The number of hydrogen-bond acceptors (Lipinski definition) is 2. The Morgan fingerprint density at radius 3 is 2.86 bits per heavy atom. The van der Waals surface area contributed by atoms with Gasteiger partial charge in [0.15, 0.2) is 6.61 Å². The second-order valence-electron chi connectivity index (χ2n) is 2.45. The molecule has 0 bridgehead atoms. The van der Waals surface area contributed by atoms with Crippen LogP contribution in [0.4, 0.5) is 4.39 Å². The molecule has 2 N–H and O–H groups in total. The van der Waals surface area contributed by atoms with Crippen LogP contribution in [0, 0.1) is 5.82 Å². The average Bonchev–Trinajstić information content (AvgIpc) is 2.09. The fourth-order valence-electron chi connectivity index (χ4n) is 0.764. The first-order valence-electron chi connectivity index (χ1n) is 3.56. The SMILES string of the molecule is NC(=O)COc1cc(F)c(Cl)cc1Br. The van der Waals surface area contributed by atoms with Crippen molar-refractivity contribution < 1.29 is 13.9 Å². The number of rotatable bonds is 3. The van der Waals surface area contributed by atoms with Crippen molar-refractivity contribution in [3.63, 3.8) is 0 Å². The third-order valence-electron chi connectivity index (χ3n) is 1.34. The van der Waals surface area contributed by atoms with E-state index in [0.29, 0.717) is 4.47 Å². The number of carbonyl (C=O) groups is 1. The van der Waals surface area contributed by atoms with E-state index in [1.54, 1.807) is 0 Å². The smallest absolute Gasteiger partial charge is 0.255 e. The maximum Gasteiger partial charge on any atom is 0.255 e. The summed E-state index contributed by atoms with van der Waals surface area (Å²) in [5, 5.41) is -0.0247. The summed E-state index contributed by atoms with van der Waals surface area (Å²) >= 11 is 8.60. The van der Waals surface area contributed by atoms with Crippen molar-refractivity contribution in [3.05, 3.63) is 27.4 Å². The molecule has 1 aromatic carbocycles. The Bertz CT molecular complexity index is 373. The van der Waals surface area contributed by atoms with E-state index in [2.05, 4.69) is 15.9 Å². The molecule has 6 heteroatoms. The third-order valence-corrected chi connectivity index (χ3v) is 2.25. The van der Waals surface area contributed by atoms with Crippen LogP contribution in [0.2, 0.25) is 5.02 Å². The Morgan fingerprint density at radius 2 is 2.29 bits per heavy atom. The molecule has 3 nitrogen and oxygen atoms in total. The highest BCUT2D eigenvalue weighted by atomic mass is 79.9. The lowest BCUT2D eigenvalue weighted by molar-refractivity contribution is -0.119. The van der Waals surface area contributed by atoms with E-state index < -0.39 is 11.7 Å². The molecular weight excluding hydrogens is 276 g/mol. The molecule has 0 aliphatic rings. The van der Waals surface area contributed by atoms with Crippen molar-refractivity contribution in [3.8, 4) is 5.75 Å². The molecule has 0 radical (unpaired) electrons. The maximum atomic E-state index is 12.9. The van der Waals surface area contributed by atoms with E-state index in [1.165, 1.54) is 6.07 Å². The van der Waals surface area contributed by atoms with E-state index in [4.69, 9.17) is 22.1 Å². The molecule has 0 aliphatic carbocycles. The Kier molecular flexibility index (Phi) is 3.71. The Balaban J connectivity index is 2.87. The van der Waals surface area contributed by atoms with Crippen molar-refractivity contribution in [2.24, 2.45) is 5.73 Å². The summed E-state index contributed by atoms with van der Waals surface area (Å²) in [5.41, 5.74) is 4.86. The van der Waals surface area contributed by atoms with Crippen LogP contribution in [0.5, 0.6) is 5.75 Å². The summed E-state index contributed by atoms with van der Waals surface area (Å²) in [5.74, 6) is -1.06. The van der Waals surface area contributed by atoms with E-state index in [9.17, 15) is 9.18 Å². The fraction of sp³-hybridized carbons (Fsp3) is 0.125. The summed E-state index contributed by atoms with van der Waals surface area (Å²) in [4.78, 5) is 10.4. The number of ether oxygens (including phenoxy) is 1. The minimum Gasteiger partial charge on any atom is -0.482 e. The minimum atomic E-state index is -0.632. The van der Waals surface area contributed by atoms with Crippen LogP contribution < -0.4 is 10.5 Å². The van der Waals surface area contributed by atoms with Gasteiger partial charge < -0.3 is 10.5 Å². The zero-order valence-electron chi connectivity index (χ0n) is 6.89. The van der Waals surface area contributed by atoms with Gasteiger partial charge in [-0.1, -0.05) is 11.6 Å². The first-order valence-corrected chi connectivity index (χ1v) is 4.73. The van der Waals surface area contributed by atoms with Gasteiger partial charge in [0, 0.05) is 6.07 Å². The molecule has 0 unspecified atom stereocenters. The number of benzene rings is 1. The van der Waals surface area contributed by atoms with E-state index >= 15 is 0 Å². The van der Waals surface area contributed by atoms with Crippen LogP contribution in [-0.2, 0) is 4.79 Å². The fourth-order valence-corrected chi connectivity index (χ4v) is 1.52. The van der Waals surface area contributed by atoms with Crippen LogP contribution in [0.15, 0.2) is 16.6 Å². The molecule has 1 amide bonds. The molecule has 14 heavy (non-hydrogen) atoms. The highest BCUT2D eigenvalue weighted by Gasteiger charge is 2.08. The van der Waals surface area contributed by atoms with Gasteiger partial charge in [-0.25, -0.2) is 4.39 Å². The van der Waals surface area contributed by atoms with Gasteiger partial charge in [-0.15, -0.1) is 0 Å². The van der Waals surface area contributed by atoms with Gasteiger partial charge in [-0.05, 0) is 22.0 Å². The molecule has 76 valence electrons. The van der Waals surface area contributed by atoms with E-state index in [-0.39, 0.29) is 17.4 Å². The maximum absolute atomic E-state index is 12.9. The minimum absolute atomic E-state index is 0.0247. The van der Waals surface area contributed by atoms with E-state index in [0.717, 1.165) is 6.07 Å². The predicted molar refractivity (Wildman–Crippen MR) is 53.8 cm³/mol. The summed E-state index contributed by atoms with van der Waals surface area (Å²) in [7, 11) is 0. The molecule has 0 saturated carbocycles. The number of nitrogens with two attached hydrogens (primary N) is 1. The number of halogens is 3. The van der Waals surface area contributed by atoms with Crippen LogP contribution in [0.3, 0.4) is 0 Å². The van der Waals surface area contributed by atoms with Gasteiger partial charge in [-0.2, -0.15) is 0 Å². The second kappa shape index (κ2) is 4.61. The van der Waals surface area contributed by atoms with Gasteiger partial charge in [0.1, 0.15) is 11.6 Å². The molecule has 0 aliphatic heterocycles. The average molecular weight is 282 g/mol. The summed E-state index contributed by atoms with van der Waals surface area (Å²) in [6, 6.07) is 2.42. The third kappa shape index (κ3) is 2.85. The number of hydrogen-bond donors (Lipinski definition) is 1. The molecule has 0 spiro atoms. The quantitative estimate of drug-likeness (QED) is 0.863. The van der Waals surface area contributed by atoms with Gasteiger partial charge in [-0.3, -0.25) is 4.79 Å². The van der Waals surface area contributed by atoms with Gasteiger partial charge in [0.2, 0.25) is 0 Å². The first kappa shape index (κ1) is 11.3. The predicted octanol–water partition coefficient (Wildman–Crippen LogP) is 2.11. The van der Waals surface area contributed by atoms with Crippen molar-refractivity contribution in [1.82, 2.24) is 0 Å². The number of amides is 1. The molecular formula is C8H6BrClFNO2. The second-order valence-corrected chi connectivity index (χ2v) is 3.71. The first-order chi connectivity index (χ1) is 6.50. The highest BCUT2D eigenvalue weighted by molar-refractivity contribution is 9.10. The van der Waals surface area contributed by atoms with Crippen molar-refractivity contribution >= 4 is 33.4 Å². The highest BCUT2D eigenvalue weighted by Crippen LogP contribution is 2.30. The van der Waals surface area contributed by atoms with Gasteiger partial charge >= 0.3 is 0 Å². The van der Waals surface area contributed by atoms with E-state index in [1.807, 2.05) is 0 Å². The largest absolute Gasteiger partial charge is 0.482 e. The normalized spacial score (nSPS) is 9.93. The van der Waals surface area contributed by atoms with Crippen molar-refractivity contribution in [2.45, 2.75) is 0 Å². The zero-order valence-corrected chi connectivity index (χ0v) is 9.23. The molecule has 0 aromatic heterocycles. The Morgan fingerprint density at radius 1 is 1.64 bits per heavy atom. The Hall–Kier alpha value is -0.810. The summed E-state index contributed by atoms with van der Waals surface area (Å²) in [6.07, 6.45) is 0. The van der Waals surface area contributed by atoms with Gasteiger partial charge in [0.05, 0.1) is 9.50 Å². The number of carbonyl (C=O) groups excluding carboxylic acids is 1. The van der Waals surface area contributed by atoms with Crippen LogP contribution in [-0.4, -0.2) is 12.5 Å². The van der Waals surface area contributed by atoms with Crippen LogP contribution >= 0.6 is 27.5 Å². The standard InChI is InChI=1S/C8H6BrClFNO2/c9-4-1-5(10)6(11)2-7(4)14-3-8(12)13/h1-2H,3H2,(H2,12,13). The monoisotopic (exact) mass is 281 g/mol. The molecule has 0 heterocycles. The Labute approximate surface area is 93.1 Å². The molecule has 0 fully saturated rings. The lowest BCUT2D eigenvalue weighted by Crippen LogP contribution is -2.20. The lowest BCUT2D eigenvalue weighted by Gasteiger charge is -2.06. The molecule has 0 atom stereocenters. The van der Waals surface area contributed by atoms with Crippen molar-refractivity contribution in [1.29, 1.82) is 0 Å². The van der Waals surface area contributed by atoms with Gasteiger partial charge in [0.25, 0.3) is 5.91 Å². The zero-order chi connectivity index (χ0) is 10.7. The summed E-state index contributed by atoms with van der Waals surface area (Å²) in [6.45, 7) is -0.306. The number of primary amides is 1. The van der Waals surface area contributed by atoms with Crippen molar-refractivity contribution in [2.75, 3.05) is 6.61 Å². The van der Waals surface area contributed by atoms with Crippen LogP contribution in [0.1, 0.15) is 0 Å². The van der Waals surface area contributed by atoms with Crippen LogP contribution in [0.25, 0.3) is 0 Å². The summed E-state index contributed by atoms with van der Waals surface area (Å²) < 4.78 is 18.3. The molecule has 0 saturated heterocycles. The molecule has 1 rings (SSSR count). The topological polar surface area (TPSA) is 52.3 Å². The lowest BCUT2D eigenvalue weighted by atomic mass is 10.3.